The molecule has 0 radical (unpaired) electrons. The highest BCUT2D eigenvalue weighted by Gasteiger charge is 2.31. The van der Waals surface area contributed by atoms with E-state index in [-0.39, 0.29) is 17.6 Å². The SMILES string of the molecule is CC1(C)CCC(CNCC(=O)NC2CC2)O1. The first-order chi connectivity index (χ1) is 7.55. The zero-order valence-corrected chi connectivity index (χ0v) is 10.2. The van der Waals surface area contributed by atoms with Crippen molar-refractivity contribution in [3.8, 4) is 0 Å². The van der Waals surface area contributed by atoms with Gasteiger partial charge in [0.25, 0.3) is 0 Å². The predicted molar refractivity (Wildman–Crippen MR) is 62.2 cm³/mol. The van der Waals surface area contributed by atoms with E-state index in [0.717, 1.165) is 32.2 Å². The van der Waals surface area contributed by atoms with E-state index in [1.54, 1.807) is 0 Å². The quantitative estimate of drug-likeness (QED) is 0.729. The minimum Gasteiger partial charge on any atom is -0.371 e. The summed E-state index contributed by atoms with van der Waals surface area (Å²) in [7, 11) is 0. The second-order valence-corrected chi connectivity index (χ2v) is 5.51. The number of carbonyl (C=O) groups excluding carboxylic acids is 1. The summed E-state index contributed by atoms with van der Waals surface area (Å²) in [5.41, 5.74) is 0.0165. The first kappa shape index (κ1) is 11.9. The van der Waals surface area contributed by atoms with Gasteiger partial charge in [0.1, 0.15) is 0 Å². The molecule has 0 bridgehead atoms. The van der Waals surface area contributed by atoms with Gasteiger partial charge in [-0.25, -0.2) is 0 Å². The highest BCUT2D eigenvalue weighted by molar-refractivity contribution is 5.78. The summed E-state index contributed by atoms with van der Waals surface area (Å²) in [5.74, 6) is 0.111. The van der Waals surface area contributed by atoms with Crippen molar-refractivity contribution in [1.82, 2.24) is 10.6 Å². The number of hydrogen-bond acceptors (Lipinski definition) is 3. The minimum atomic E-state index is 0.0165. The topological polar surface area (TPSA) is 50.4 Å². The van der Waals surface area contributed by atoms with Crippen molar-refractivity contribution >= 4 is 5.91 Å². The van der Waals surface area contributed by atoms with Crippen LogP contribution in [0.25, 0.3) is 0 Å². The van der Waals surface area contributed by atoms with Crippen molar-refractivity contribution in [3.05, 3.63) is 0 Å². The van der Waals surface area contributed by atoms with E-state index in [1.165, 1.54) is 0 Å². The molecular weight excluding hydrogens is 204 g/mol. The Labute approximate surface area is 97.1 Å². The molecule has 0 aromatic heterocycles. The van der Waals surface area contributed by atoms with Crippen LogP contribution in [0.15, 0.2) is 0 Å². The summed E-state index contributed by atoms with van der Waals surface area (Å²) >= 11 is 0. The van der Waals surface area contributed by atoms with E-state index in [4.69, 9.17) is 4.74 Å². The zero-order valence-electron chi connectivity index (χ0n) is 10.2. The van der Waals surface area contributed by atoms with Gasteiger partial charge in [0.15, 0.2) is 0 Å². The Morgan fingerprint density at radius 2 is 2.12 bits per heavy atom. The third-order valence-corrected chi connectivity index (χ3v) is 3.15. The fraction of sp³-hybridized carbons (Fsp3) is 0.917. The van der Waals surface area contributed by atoms with Crippen LogP contribution in [0.4, 0.5) is 0 Å². The molecule has 2 aliphatic rings. The minimum absolute atomic E-state index is 0.0165. The maximum atomic E-state index is 11.4. The van der Waals surface area contributed by atoms with Crippen molar-refractivity contribution in [2.24, 2.45) is 0 Å². The van der Waals surface area contributed by atoms with Gasteiger partial charge in [0.2, 0.25) is 5.91 Å². The average Bonchev–Trinajstić information content (AvgIpc) is 2.91. The van der Waals surface area contributed by atoms with Gasteiger partial charge in [-0.2, -0.15) is 0 Å². The van der Waals surface area contributed by atoms with Crippen molar-refractivity contribution in [3.63, 3.8) is 0 Å². The standard InChI is InChI=1S/C12H22N2O2/c1-12(2)6-5-10(16-12)7-13-8-11(15)14-9-3-4-9/h9-10,13H,3-8H2,1-2H3,(H,14,15). The first-order valence-electron chi connectivity index (χ1n) is 6.23. The highest BCUT2D eigenvalue weighted by Crippen LogP contribution is 2.28. The maximum Gasteiger partial charge on any atom is 0.234 e. The smallest absolute Gasteiger partial charge is 0.234 e. The molecule has 0 spiro atoms. The van der Waals surface area contributed by atoms with E-state index >= 15 is 0 Å². The van der Waals surface area contributed by atoms with Crippen LogP contribution in [0.2, 0.25) is 0 Å². The van der Waals surface area contributed by atoms with Gasteiger partial charge in [-0.05, 0) is 39.5 Å². The fourth-order valence-electron chi connectivity index (χ4n) is 2.07. The van der Waals surface area contributed by atoms with Gasteiger partial charge < -0.3 is 15.4 Å². The van der Waals surface area contributed by atoms with Gasteiger partial charge in [0, 0.05) is 12.6 Å². The lowest BCUT2D eigenvalue weighted by Gasteiger charge is -2.19. The third-order valence-electron chi connectivity index (χ3n) is 3.15. The largest absolute Gasteiger partial charge is 0.371 e. The van der Waals surface area contributed by atoms with E-state index in [9.17, 15) is 4.79 Å². The molecule has 4 nitrogen and oxygen atoms in total. The van der Waals surface area contributed by atoms with Crippen molar-refractivity contribution in [2.45, 2.75) is 57.3 Å². The van der Waals surface area contributed by atoms with Crippen LogP contribution in [0.5, 0.6) is 0 Å². The van der Waals surface area contributed by atoms with Crippen LogP contribution in [-0.4, -0.2) is 36.7 Å². The molecular formula is C12H22N2O2. The Balaban J connectivity index is 1.55. The molecule has 2 rings (SSSR count). The second-order valence-electron chi connectivity index (χ2n) is 5.51. The van der Waals surface area contributed by atoms with Gasteiger partial charge in [-0.15, -0.1) is 0 Å². The lowest BCUT2D eigenvalue weighted by Crippen LogP contribution is -2.38. The predicted octanol–water partition coefficient (Wildman–Crippen LogP) is 0.812. The number of amides is 1. The molecule has 4 heteroatoms. The van der Waals surface area contributed by atoms with Crippen LogP contribution in [0.1, 0.15) is 39.5 Å². The third kappa shape index (κ3) is 3.76. The Morgan fingerprint density at radius 3 is 2.69 bits per heavy atom. The van der Waals surface area contributed by atoms with Gasteiger partial charge in [-0.1, -0.05) is 0 Å². The zero-order chi connectivity index (χ0) is 11.6. The lowest BCUT2D eigenvalue weighted by atomic mass is 10.1. The molecule has 2 N–H and O–H groups in total. The summed E-state index contributed by atoms with van der Waals surface area (Å²) < 4.78 is 5.83. The molecule has 1 saturated heterocycles. The van der Waals surface area contributed by atoms with Crippen LogP contribution < -0.4 is 10.6 Å². The van der Waals surface area contributed by atoms with Crippen LogP contribution in [-0.2, 0) is 9.53 Å². The summed E-state index contributed by atoms with van der Waals surface area (Å²) in [6.45, 7) is 5.43. The molecule has 1 atom stereocenters. The molecule has 1 heterocycles. The van der Waals surface area contributed by atoms with Crippen LogP contribution in [0.3, 0.4) is 0 Å². The van der Waals surface area contributed by atoms with E-state index < -0.39 is 0 Å². The monoisotopic (exact) mass is 226 g/mol. The number of hydrogen-bond donors (Lipinski definition) is 2. The molecule has 16 heavy (non-hydrogen) atoms. The number of carbonyl (C=O) groups is 1. The summed E-state index contributed by atoms with van der Waals surface area (Å²) in [6, 6.07) is 0.455. The first-order valence-corrected chi connectivity index (χ1v) is 6.23. The molecule has 1 amide bonds. The Bertz CT molecular complexity index is 262. The molecule has 92 valence electrons. The molecule has 2 fully saturated rings. The van der Waals surface area contributed by atoms with Gasteiger partial charge >= 0.3 is 0 Å². The molecule has 1 aliphatic heterocycles. The van der Waals surface area contributed by atoms with Crippen LogP contribution in [0, 0.1) is 0 Å². The van der Waals surface area contributed by atoms with Crippen molar-refractivity contribution < 1.29 is 9.53 Å². The lowest BCUT2D eigenvalue weighted by molar-refractivity contribution is -0.120. The van der Waals surface area contributed by atoms with Gasteiger partial charge in [0.05, 0.1) is 18.2 Å². The van der Waals surface area contributed by atoms with Gasteiger partial charge in [-0.3, -0.25) is 4.79 Å². The highest BCUT2D eigenvalue weighted by atomic mass is 16.5. The second kappa shape index (κ2) is 4.72. The summed E-state index contributed by atoms with van der Waals surface area (Å²) in [4.78, 5) is 11.4. The maximum absolute atomic E-state index is 11.4. The number of ether oxygens (including phenoxy) is 1. The normalized spacial score (nSPS) is 28.0. The Morgan fingerprint density at radius 1 is 1.38 bits per heavy atom. The Kier molecular flexibility index (Phi) is 3.50. The van der Waals surface area contributed by atoms with Crippen molar-refractivity contribution in [2.75, 3.05) is 13.1 Å². The number of rotatable bonds is 5. The molecule has 1 unspecified atom stereocenters. The molecule has 1 saturated carbocycles. The summed E-state index contributed by atoms with van der Waals surface area (Å²) in [5, 5.41) is 6.11. The fourth-order valence-corrected chi connectivity index (χ4v) is 2.07. The Hall–Kier alpha value is -0.610. The van der Waals surface area contributed by atoms with E-state index in [1.807, 2.05) is 0 Å². The van der Waals surface area contributed by atoms with Crippen molar-refractivity contribution in [1.29, 1.82) is 0 Å². The summed E-state index contributed by atoms with van der Waals surface area (Å²) in [6.07, 6.45) is 4.75. The van der Waals surface area contributed by atoms with E-state index in [2.05, 4.69) is 24.5 Å². The van der Waals surface area contributed by atoms with E-state index in [0.29, 0.717) is 12.6 Å². The van der Waals surface area contributed by atoms with Crippen LogP contribution >= 0.6 is 0 Å². The average molecular weight is 226 g/mol. The number of nitrogens with one attached hydrogen (secondary N) is 2. The molecule has 0 aromatic rings. The molecule has 0 aromatic carbocycles. The molecule has 1 aliphatic carbocycles.